The molecule has 2 N–H and O–H groups in total. The van der Waals surface area contributed by atoms with E-state index in [1.807, 2.05) is 12.1 Å². The molecule has 0 aromatic heterocycles. The minimum absolute atomic E-state index is 0.0491. The number of nitrogens with zero attached hydrogens (tertiary/aromatic N) is 1. The predicted molar refractivity (Wildman–Crippen MR) is 89.6 cm³/mol. The molecule has 0 bridgehead atoms. The summed E-state index contributed by atoms with van der Waals surface area (Å²) in [4.78, 5) is 0. The SMILES string of the molecule is Cc1c(Br)cccc1C(N)CC1CCCN(S(C)(=O)=O)C1. The van der Waals surface area contributed by atoms with Gasteiger partial charge in [-0.3, -0.25) is 0 Å². The van der Waals surface area contributed by atoms with Gasteiger partial charge in [-0.15, -0.1) is 0 Å². The third-order valence-electron chi connectivity index (χ3n) is 4.25. The number of hydrogen-bond acceptors (Lipinski definition) is 3. The van der Waals surface area contributed by atoms with Crippen LogP contribution in [0.5, 0.6) is 0 Å². The molecule has 2 atom stereocenters. The summed E-state index contributed by atoms with van der Waals surface area (Å²) in [7, 11) is -3.09. The van der Waals surface area contributed by atoms with E-state index in [0.29, 0.717) is 19.0 Å². The van der Waals surface area contributed by atoms with Gasteiger partial charge in [0.2, 0.25) is 10.0 Å². The molecule has 21 heavy (non-hydrogen) atoms. The number of benzene rings is 1. The molecule has 0 radical (unpaired) electrons. The van der Waals surface area contributed by atoms with Gasteiger partial charge in [0.05, 0.1) is 6.26 Å². The lowest BCUT2D eigenvalue weighted by Gasteiger charge is -2.32. The van der Waals surface area contributed by atoms with Gasteiger partial charge in [-0.05, 0) is 49.3 Å². The average molecular weight is 375 g/mol. The van der Waals surface area contributed by atoms with Crippen LogP contribution in [0.3, 0.4) is 0 Å². The number of hydrogen-bond donors (Lipinski definition) is 1. The fraction of sp³-hybridized carbons (Fsp3) is 0.600. The highest BCUT2D eigenvalue weighted by molar-refractivity contribution is 9.10. The maximum atomic E-state index is 11.7. The van der Waals surface area contributed by atoms with Crippen LogP contribution in [0, 0.1) is 12.8 Å². The Kier molecular flexibility index (Phi) is 5.46. The molecule has 1 saturated heterocycles. The van der Waals surface area contributed by atoms with Crippen molar-refractivity contribution < 1.29 is 8.42 Å². The van der Waals surface area contributed by atoms with E-state index in [1.54, 1.807) is 4.31 Å². The summed E-state index contributed by atoms with van der Waals surface area (Å²) in [6.45, 7) is 3.29. The topological polar surface area (TPSA) is 63.4 Å². The Balaban J connectivity index is 2.06. The summed E-state index contributed by atoms with van der Waals surface area (Å²) < 4.78 is 26.0. The molecule has 1 aromatic carbocycles. The van der Waals surface area contributed by atoms with Crippen LogP contribution in [0.2, 0.25) is 0 Å². The molecule has 0 saturated carbocycles. The third-order valence-corrected chi connectivity index (χ3v) is 6.38. The number of piperidine rings is 1. The van der Waals surface area contributed by atoms with E-state index in [-0.39, 0.29) is 6.04 Å². The largest absolute Gasteiger partial charge is 0.324 e. The number of sulfonamides is 1. The second kappa shape index (κ2) is 6.77. The smallest absolute Gasteiger partial charge is 0.211 e. The van der Waals surface area contributed by atoms with Gasteiger partial charge in [0.1, 0.15) is 0 Å². The van der Waals surface area contributed by atoms with Gasteiger partial charge in [0.25, 0.3) is 0 Å². The van der Waals surface area contributed by atoms with Gasteiger partial charge in [-0.2, -0.15) is 0 Å². The molecule has 1 aliphatic rings. The molecule has 118 valence electrons. The second-order valence-corrected chi connectivity index (χ2v) is 8.76. The van der Waals surface area contributed by atoms with Crippen LogP contribution in [0.15, 0.2) is 22.7 Å². The third kappa shape index (κ3) is 4.28. The fourth-order valence-corrected chi connectivity index (χ4v) is 4.36. The summed E-state index contributed by atoms with van der Waals surface area (Å²) in [6.07, 6.45) is 4.08. The fourth-order valence-electron chi connectivity index (χ4n) is 3.03. The van der Waals surface area contributed by atoms with Crippen LogP contribution >= 0.6 is 15.9 Å². The average Bonchev–Trinajstić information content (AvgIpc) is 2.41. The molecule has 0 spiro atoms. The lowest BCUT2D eigenvalue weighted by Crippen LogP contribution is -2.40. The van der Waals surface area contributed by atoms with Crippen molar-refractivity contribution >= 4 is 26.0 Å². The zero-order chi connectivity index (χ0) is 15.6. The molecular formula is C15H23BrN2O2S. The lowest BCUT2D eigenvalue weighted by atomic mass is 9.88. The van der Waals surface area contributed by atoms with Crippen molar-refractivity contribution in [3.63, 3.8) is 0 Å². The molecule has 0 amide bonds. The van der Waals surface area contributed by atoms with Crippen molar-refractivity contribution in [1.82, 2.24) is 4.31 Å². The van der Waals surface area contributed by atoms with Crippen molar-refractivity contribution in [2.75, 3.05) is 19.3 Å². The Hall–Kier alpha value is -0.430. The van der Waals surface area contributed by atoms with Crippen molar-refractivity contribution in [3.8, 4) is 0 Å². The Morgan fingerprint density at radius 1 is 1.48 bits per heavy atom. The molecule has 1 fully saturated rings. The van der Waals surface area contributed by atoms with E-state index in [0.717, 1.165) is 29.3 Å². The van der Waals surface area contributed by atoms with E-state index in [4.69, 9.17) is 5.73 Å². The van der Waals surface area contributed by atoms with Crippen molar-refractivity contribution in [2.24, 2.45) is 11.7 Å². The summed E-state index contributed by atoms with van der Waals surface area (Å²) in [5, 5.41) is 0. The van der Waals surface area contributed by atoms with E-state index in [2.05, 4.69) is 28.9 Å². The van der Waals surface area contributed by atoms with E-state index in [1.165, 1.54) is 11.8 Å². The van der Waals surface area contributed by atoms with Gasteiger partial charge in [0.15, 0.2) is 0 Å². The van der Waals surface area contributed by atoms with Crippen LogP contribution in [0.25, 0.3) is 0 Å². The van der Waals surface area contributed by atoms with E-state index in [9.17, 15) is 8.42 Å². The molecule has 6 heteroatoms. The van der Waals surface area contributed by atoms with E-state index >= 15 is 0 Å². The lowest BCUT2D eigenvalue weighted by molar-refractivity contribution is 0.247. The number of rotatable bonds is 4. The van der Waals surface area contributed by atoms with Gasteiger partial charge in [-0.25, -0.2) is 12.7 Å². The zero-order valence-corrected chi connectivity index (χ0v) is 15.0. The summed E-state index contributed by atoms with van der Waals surface area (Å²) >= 11 is 3.53. The van der Waals surface area contributed by atoms with Crippen molar-refractivity contribution in [2.45, 2.75) is 32.2 Å². The highest BCUT2D eigenvalue weighted by Gasteiger charge is 2.27. The predicted octanol–water partition coefficient (Wildman–Crippen LogP) is 2.82. The maximum absolute atomic E-state index is 11.7. The van der Waals surface area contributed by atoms with Crippen LogP contribution in [-0.2, 0) is 10.0 Å². The Labute approximate surface area is 135 Å². The van der Waals surface area contributed by atoms with Crippen molar-refractivity contribution in [3.05, 3.63) is 33.8 Å². The summed E-state index contributed by atoms with van der Waals surface area (Å²) in [5.74, 6) is 0.335. The van der Waals surface area contributed by atoms with E-state index < -0.39 is 10.0 Å². The van der Waals surface area contributed by atoms with Crippen LogP contribution in [0.4, 0.5) is 0 Å². The standard InChI is InChI=1S/C15H23BrN2O2S/c1-11-13(6-3-7-14(11)16)15(17)9-12-5-4-8-18(10-12)21(2,19)20/h3,6-7,12,15H,4-5,8-10,17H2,1-2H3. The van der Waals surface area contributed by atoms with Gasteiger partial charge in [0, 0.05) is 23.6 Å². The minimum Gasteiger partial charge on any atom is -0.324 e. The molecule has 1 heterocycles. The Morgan fingerprint density at radius 2 is 2.19 bits per heavy atom. The van der Waals surface area contributed by atoms with Crippen LogP contribution in [0.1, 0.15) is 36.4 Å². The first-order chi connectivity index (χ1) is 9.79. The molecule has 2 rings (SSSR count). The quantitative estimate of drug-likeness (QED) is 0.880. The first-order valence-electron chi connectivity index (χ1n) is 7.24. The van der Waals surface area contributed by atoms with Gasteiger partial charge < -0.3 is 5.73 Å². The number of nitrogens with two attached hydrogens (primary N) is 1. The molecule has 2 unspecified atom stereocenters. The first-order valence-corrected chi connectivity index (χ1v) is 9.89. The molecular weight excluding hydrogens is 352 g/mol. The van der Waals surface area contributed by atoms with Gasteiger partial charge >= 0.3 is 0 Å². The second-order valence-electron chi connectivity index (χ2n) is 5.93. The van der Waals surface area contributed by atoms with Crippen LogP contribution in [-0.4, -0.2) is 32.1 Å². The molecule has 0 aliphatic carbocycles. The highest BCUT2D eigenvalue weighted by Crippen LogP contribution is 2.30. The summed E-state index contributed by atoms with van der Waals surface area (Å²) in [6, 6.07) is 6.02. The minimum atomic E-state index is -3.09. The first kappa shape index (κ1) is 16.9. The maximum Gasteiger partial charge on any atom is 0.211 e. The Morgan fingerprint density at radius 3 is 2.86 bits per heavy atom. The summed E-state index contributed by atoms with van der Waals surface area (Å²) in [5.41, 5.74) is 8.67. The molecule has 1 aliphatic heterocycles. The Bertz CT molecular complexity index is 604. The van der Waals surface area contributed by atoms with Crippen molar-refractivity contribution in [1.29, 1.82) is 0 Å². The van der Waals surface area contributed by atoms with Crippen LogP contribution < -0.4 is 5.73 Å². The normalized spacial score (nSPS) is 22.2. The molecule has 4 nitrogen and oxygen atoms in total. The monoisotopic (exact) mass is 374 g/mol. The highest BCUT2D eigenvalue weighted by atomic mass is 79.9. The number of halogens is 1. The zero-order valence-electron chi connectivity index (χ0n) is 12.5. The van der Waals surface area contributed by atoms with Gasteiger partial charge in [-0.1, -0.05) is 28.1 Å². The molecule has 1 aromatic rings.